The number of benzene rings is 2. The molecule has 0 heterocycles. The normalized spacial score (nSPS) is 10.1. The Labute approximate surface area is 120 Å². The minimum absolute atomic E-state index is 0.611. The molecule has 0 bridgehead atoms. The van der Waals surface area contributed by atoms with Crippen LogP contribution in [0.5, 0.6) is 0 Å². The van der Waals surface area contributed by atoms with Gasteiger partial charge < -0.3 is 0 Å². The first kappa shape index (κ1) is 14.3. The fourth-order valence-electron chi connectivity index (χ4n) is 2.14. The standard InChI is InChI=1S/C19H18O/c1-15(2)18(14-20)13-19(16-9-5-3-6-10-16)17-11-7-4-8-12-17/h3-12H,13H2,1-2H3/q+1. The molecular formula is C19H18O+. The molecule has 0 aliphatic carbocycles. The van der Waals surface area contributed by atoms with Gasteiger partial charge in [-0.2, -0.15) is 0 Å². The van der Waals surface area contributed by atoms with Crippen LogP contribution in [0.15, 0.2) is 71.8 Å². The number of hydrogen-bond acceptors (Lipinski definition) is 0. The van der Waals surface area contributed by atoms with Gasteiger partial charge in [-0.25, -0.2) is 0 Å². The van der Waals surface area contributed by atoms with Crippen molar-refractivity contribution >= 4 is 0 Å². The molecule has 0 fully saturated rings. The Morgan fingerprint density at radius 3 is 1.65 bits per heavy atom. The van der Waals surface area contributed by atoms with E-state index in [4.69, 9.17) is 0 Å². The molecule has 0 unspecified atom stereocenters. The third kappa shape index (κ3) is 3.48. The van der Waals surface area contributed by atoms with Crippen molar-refractivity contribution in [3.05, 3.63) is 88.9 Å². The van der Waals surface area contributed by atoms with Crippen LogP contribution in [0.2, 0.25) is 0 Å². The summed E-state index contributed by atoms with van der Waals surface area (Å²) in [5.74, 6) is 1.16. The average molecular weight is 262 g/mol. The summed E-state index contributed by atoms with van der Waals surface area (Å²) in [4.78, 5) is 0. The van der Waals surface area contributed by atoms with Gasteiger partial charge in [0, 0.05) is 0 Å². The summed E-state index contributed by atoms with van der Waals surface area (Å²) in [6.07, 6.45) is 2.69. The molecule has 2 aromatic carbocycles. The molecule has 2 aromatic rings. The van der Waals surface area contributed by atoms with Crippen molar-refractivity contribution in [2.75, 3.05) is 0 Å². The van der Waals surface area contributed by atoms with Gasteiger partial charge in [0.2, 0.25) is 0 Å². The molecule has 0 aliphatic rings. The summed E-state index contributed by atoms with van der Waals surface area (Å²) >= 11 is 0. The summed E-state index contributed by atoms with van der Waals surface area (Å²) in [6, 6.07) is 20.4. The van der Waals surface area contributed by atoms with Crippen molar-refractivity contribution in [2.45, 2.75) is 20.3 Å². The fourth-order valence-corrected chi connectivity index (χ4v) is 2.14. The first-order valence-corrected chi connectivity index (χ1v) is 6.73. The number of allylic oxidation sites excluding steroid dienone is 2. The van der Waals surface area contributed by atoms with Crippen LogP contribution in [0.4, 0.5) is 0 Å². The molecule has 0 saturated heterocycles. The zero-order valence-electron chi connectivity index (χ0n) is 11.9. The minimum atomic E-state index is 0.611. The first-order valence-electron chi connectivity index (χ1n) is 6.73. The fraction of sp³-hybridized carbons (Fsp3) is 0.158. The van der Waals surface area contributed by atoms with E-state index in [1.807, 2.05) is 50.2 Å². The van der Waals surface area contributed by atoms with Crippen molar-refractivity contribution in [1.29, 1.82) is 0 Å². The third-order valence-corrected chi connectivity index (χ3v) is 3.32. The SMILES string of the molecule is CC(C)=C(C#[O+])C[C](c1ccccc1)c1ccccc1. The molecule has 1 heteroatoms. The Morgan fingerprint density at radius 1 is 0.850 bits per heavy atom. The van der Waals surface area contributed by atoms with E-state index < -0.39 is 0 Å². The molecule has 0 atom stereocenters. The molecule has 1 nitrogen and oxygen atoms in total. The molecule has 0 aliphatic heterocycles. The maximum absolute atomic E-state index is 11.1. The van der Waals surface area contributed by atoms with Crippen LogP contribution in [0.3, 0.4) is 0 Å². The molecule has 0 spiro atoms. The Kier molecular flexibility index (Phi) is 4.95. The molecule has 0 amide bonds. The molecule has 0 saturated carbocycles. The van der Waals surface area contributed by atoms with Gasteiger partial charge in [0.15, 0.2) is 0 Å². The monoisotopic (exact) mass is 262 g/mol. The van der Waals surface area contributed by atoms with Crippen LogP contribution in [0.1, 0.15) is 31.4 Å². The molecular weight excluding hydrogens is 244 g/mol. The first-order chi connectivity index (χ1) is 9.72. The van der Waals surface area contributed by atoms with Crippen LogP contribution in [0, 0.1) is 12.1 Å². The van der Waals surface area contributed by atoms with Gasteiger partial charge in [-0.3, -0.25) is 0 Å². The van der Waals surface area contributed by atoms with Crippen molar-refractivity contribution < 1.29 is 4.65 Å². The van der Waals surface area contributed by atoms with E-state index in [0.29, 0.717) is 6.42 Å². The second kappa shape index (κ2) is 6.91. The Hall–Kier alpha value is -2.08. The predicted octanol–water partition coefficient (Wildman–Crippen LogP) is 4.77. The third-order valence-electron chi connectivity index (χ3n) is 3.32. The van der Waals surface area contributed by atoms with E-state index in [2.05, 4.69) is 30.4 Å². The quantitative estimate of drug-likeness (QED) is 0.707. The van der Waals surface area contributed by atoms with Crippen molar-refractivity contribution in [1.82, 2.24) is 0 Å². The van der Waals surface area contributed by atoms with Crippen molar-refractivity contribution in [2.24, 2.45) is 0 Å². The maximum atomic E-state index is 11.1. The van der Waals surface area contributed by atoms with Gasteiger partial charge in [0.05, 0.1) is 0 Å². The molecule has 99 valence electrons. The van der Waals surface area contributed by atoms with Crippen LogP contribution < -0.4 is 0 Å². The summed E-state index contributed by atoms with van der Waals surface area (Å²) in [6.45, 7) is 3.90. The van der Waals surface area contributed by atoms with E-state index >= 15 is 0 Å². The Balaban J connectivity index is 2.41. The van der Waals surface area contributed by atoms with Crippen molar-refractivity contribution in [3.63, 3.8) is 0 Å². The van der Waals surface area contributed by atoms with Gasteiger partial charge in [-0.1, -0.05) is 0 Å². The Bertz CT molecular complexity index is 574. The van der Waals surface area contributed by atoms with Crippen LogP contribution in [-0.4, -0.2) is 0 Å². The van der Waals surface area contributed by atoms with Gasteiger partial charge in [0.1, 0.15) is 0 Å². The molecule has 2 rings (SSSR count). The second-order valence-electron chi connectivity index (χ2n) is 4.97. The van der Waals surface area contributed by atoms with E-state index in [-0.39, 0.29) is 0 Å². The van der Waals surface area contributed by atoms with Gasteiger partial charge in [-0.05, 0) is 0 Å². The summed E-state index contributed by atoms with van der Waals surface area (Å²) in [7, 11) is 0. The van der Waals surface area contributed by atoms with Gasteiger partial charge >= 0.3 is 120 Å². The van der Waals surface area contributed by atoms with E-state index in [0.717, 1.165) is 28.2 Å². The molecule has 0 aromatic heterocycles. The number of rotatable bonds is 4. The van der Waals surface area contributed by atoms with E-state index in [1.165, 1.54) is 0 Å². The van der Waals surface area contributed by atoms with Crippen molar-refractivity contribution in [3.8, 4) is 6.15 Å². The molecule has 0 N–H and O–H groups in total. The van der Waals surface area contributed by atoms with E-state index in [1.54, 1.807) is 0 Å². The number of hydrogen-bond donors (Lipinski definition) is 0. The van der Waals surface area contributed by atoms with Crippen LogP contribution in [-0.2, 0) is 4.65 Å². The summed E-state index contributed by atoms with van der Waals surface area (Å²) in [5.41, 5.74) is 4.04. The van der Waals surface area contributed by atoms with E-state index in [9.17, 15) is 4.65 Å². The zero-order valence-corrected chi connectivity index (χ0v) is 11.9. The Morgan fingerprint density at radius 2 is 1.30 bits per heavy atom. The summed E-state index contributed by atoms with van der Waals surface area (Å²) < 4.78 is 11.1. The van der Waals surface area contributed by atoms with Gasteiger partial charge in [0.25, 0.3) is 0 Å². The van der Waals surface area contributed by atoms with Gasteiger partial charge in [-0.15, -0.1) is 0 Å². The molecule has 1 radical (unpaired) electrons. The second-order valence-corrected chi connectivity index (χ2v) is 4.97. The topological polar surface area (TPSA) is 19.9 Å². The van der Waals surface area contributed by atoms with Crippen LogP contribution in [0.25, 0.3) is 0 Å². The zero-order chi connectivity index (χ0) is 14.4. The molecule has 20 heavy (non-hydrogen) atoms. The predicted molar refractivity (Wildman–Crippen MR) is 81.9 cm³/mol. The summed E-state index contributed by atoms with van der Waals surface area (Å²) in [5, 5.41) is 0. The van der Waals surface area contributed by atoms with Crippen LogP contribution >= 0.6 is 0 Å². The average Bonchev–Trinajstić information content (AvgIpc) is 2.50.